The molecule has 0 aliphatic carbocycles. The maximum Gasteiger partial charge on any atom is 0.335 e. The summed E-state index contributed by atoms with van der Waals surface area (Å²) in [6.07, 6.45) is 1.82. The highest BCUT2D eigenvalue weighted by molar-refractivity contribution is 14.1. The lowest BCUT2D eigenvalue weighted by Crippen LogP contribution is -2.28. The first-order valence-corrected chi connectivity index (χ1v) is 12.4. The molecule has 1 heterocycles. The van der Waals surface area contributed by atoms with Crippen molar-refractivity contribution in [2.24, 2.45) is 4.99 Å². The van der Waals surface area contributed by atoms with Crippen molar-refractivity contribution in [3.63, 3.8) is 0 Å². The topological polar surface area (TPSA) is 88.4 Å². The molecule has 0 saturated carbocycles. The quantitative estimate of drug-likeness (QED) is 0.314. The third-order valence-corrected chi connectivity index (χ3v) is 6.31. The maximum absolute atomic E-state index is 13.0. The predicted molar refractivity (Wildman–Crippen MR) is 140 cm³/mol. The fraction of sp³-hybridized carbons (Fsp3) is 0.292. The second-order valence-corrected chi connectivity index (χ2v) is 9.51. The number of halogens is 1. The molecular formula is C24H25IN2O5S. The van der Waals surface area contributed by atoms with E-state index in [1.54, 1.807) is 17.0 Å². The van der Waals surface area contributed by atoms with Crippen LogP contribution in [0.1, 0.15) is 43.6 Å². The smallest absolute Gasteiger partial charge is 0.335 e. The van der Waals surface area contributed by atoms with E-state index in [2.05, 4.69) is 27.6 Å². The third kappa shape index (κ3) is 6.08. The molecule has 1 N–H and O–H groups in total. The van der Waals surface area contributed by atoms with Gasteiger partial charge in [0, 0.05) is 6.54 Å². The maximum atomic E-state index is 13.0. The van der Waals surface area contributed by atoms with Gasteiger partial charge in [-0.05, 0) is 104 Å². The third-order valence-electron chi connectivity index (χ3n) is 4.51. The first-order chi connectivity index (χ1) is 15.7. The summed E-state index contributed by atoms with van der Waals surface area (Å²) in [7, 11) is 0. The SMILES string of the molecule is CCOc1cc(/C=C2/SC(=Nc3cccc(C(=O)O)c3)N(CC)C2=O)cc(I)c1OC(C)C. The summed E-state index contributed by atoms with van der Waals surface area (Å²) in [5.41, 5.74) is 1.44. The average molecular weight is 580 g/mol. The Bertz CT molecular complexity index is 1130. The molecule has 9 heteroatoms. The Morgan fingerprint density at radius 2 is 2.03 bits per heavy atom. The van der Waals surface area contributed by atoms with Crippen LogP contribution in [0.15, 0.2) is 46.3 Å². The zero-order valence-electron chi connectivity index (χ0n) is 18.8. The summed E-state index contributed by atoms with van der Waals surface area (Å²) >= 11 is 3.47. The second kappa shape index (κ2) is 11.1. The molecule has 1 aliphatic rings. The molecule has 174 valence electrons. The van der Waals surface area contributed by atoms with Gasteiger partial charge in [-0.1, -0.05) is 6.07 Å². The van der Waals surface area contributed by atoms with Gasteiger partial charge in [0.2, 0.25) is 0 Å². The second-order valence-electron chi connectivity index (χ2n) is 7.34. The number of carboxylic acids is 1. The summed E-state index contributed by atoms with van der Waals surface area (Å²) in [5.74, 6) is 0.152. The van der Waals surface area contributed by atoms with Gasteiger partial charge in [-0.25, -0.2) is 9.79 Å². The Labute approximate surface area is 211 Å². The number of carbonyl (C=O) groups excluding carboxylic acids is 1. The van der Waals surface area contributed by atoms with Crippen LogP contribution < -0.4 is 9.47 Å². The van der Waals surface area contributed by atoms with Gasteiger partial charge in [0.1, 0.15) is 0 Å². The lowest BCUT2D eigenvalue weighted by molar-refractivity contribution is -0.122. The number of hydrogen-bond donors (Lipinski definition) is 1. The minimum Gasteiger partial charge on any atom is -0.490 e. The summed E-state index contributed by atoms with van der Waals surface area (Å²) < 4.78 is 12.6. The van der Waals surface area contributed by atoms with Gasteiger partial charge < -0.3 is 14.6 Å². The summed E-state index contributed by atoms with van der Waals surface area (Å²) in [5, 5.41) is 9.73. The molecule has 1 saturated heterocycles. The van der Waals surface area contributed by atoms with Gasteiger partial charge in [0.05, 0.1) is 32.4 Å². The molecule has 1 amide bonds. The van der Waals surface area contributed by atoms with Crippen LogP contribution in [0.25, 0.3) is 6.08 Å². The predicted octanol–water partition coefficient (Wildman–Crippen LogP) is 5.80. The van der Waals surface area contributed by atoms with Crippen LogP contribution in [0, 0.1) is 3.57 Å². The number of likely N-dealkylation sites (N-methyl/N-ethyl adjacent to an activating group) is 1. The van der Waals surface area contributed by atoms with E-state index >= 15 is 0 Å². The van der Waals surface area contributed by atoms with E-state index < -0.39 is 5.97 Å². The highest BCUT2D eigenvalue weighted by Gasteiger charge is 2.32. The highest BCUT2D eigenvalue weighted by Crippen LogP contribution is 2.38. The number of rotatable bonds is 8. The number of ether oxygens (including phenoxy) is 2. The van der Waals surface area contributed by atoms with Crippen LogP contribution in [0.2, 0.25) is 0 Å². The van der Waals surface area contributed by atoms with E-state index in [9.17, 15) is 14.7 Å². The average Bonchev–Trinajstić information content (AvgIpc) is 3.04. The van der Waals surface area contributed by atoms with Crippen molar-refractivity contribution in [3.8, 4) is 11.5 Å². The van der Waals surface area contributed by atoms with Crippen molar-refractivity contribution in [2.75, 3.05) is 13.2 Å². The summed E-state index contributed by atoms with van der Waals surface area (Å²) in [4.78, 5) is 30.9. The first-order valence-electron chi connectivity index (χ1n) is 10.5. The largest absolute Gasteiger partial charge is 0.490 e. The van der Waals surface area contributed by atoms with Crippen LogP contribution in [0.3, 0.4) is 0 Å². The molecule has 1 aliphatic heterocycles. The molecule has 0 radical (unpaired) electrons. The van der Waals surface area contributed by atoms with Crippen LogP contribution in [-0.4, -0.2) is 46.3 Å². The van der Waals surface area contributed by atoms with Crippen LogP contribution >= 0.6 is 34.4 Å². The molecule has 7 nitrogen and oxygen atoms in total. The summed E-state index contributed by atoms with van der Waals surface area (Å²) in [6.45, 7) is 8.65. The lowest BCUT2D eigenvalue weighted by Gasteiger charge is -2.17. The summed E-state index contributed by atoms with van der Waals surface area (Å²) in [6, 6.07) is 10.2. The molecule has 0 spiro atoms. The van der Waals surface area contributed by atoms with E-state index in [1.165, 1.54) is 23.9 Å². The molecule has 0 atom stereocenters. The van der Waals surface area contributed by atoms with Crippen molar-refractivity contribution in [1.29, 1.82) is 0 Å². The number of hydrogen-bond acceptors (Lipinski definition) is 6. The Morgan fingerprint density at radius 3 is 2.67 bits per heavy atom. The molecule has 0 bridgehead atoms. The molecule has 1 fully saturated rings. The normalized spacial score (nSPS) is 16.2. The Hall–Kier alpha value is -2.53. The van der Waals surface area contributed by atoms with Gasteiger partial charge >= 0.3 is 5.97 Å². The van der Waals surface area contributed by atoms with Crippen LogP contribution in [0.5, 0.6) is 11.5 Å². The van der Waals surface area contributed by atoms with Gasteiger partial charge in [0.15, 0.2) is 16.7 Å². The fourth-order valence-electron chi connectivity index (χ4n) is 3.12. The van der Waals surface area contributed by atoms with Crippen molar-refractivity contribution >= 4 is 63.2 Å². The number of amides is 1. The number of benzene rings is 2. The van der Waals surface area contributed by atoms with Crippen molar-refractivity contribution in [3.05, 3.63) is 56.0 Å². The minimum atomic E-state index is -1.02. The van der Waals surface area contributed by atoms with Gasteiger partial charge in [0.25, 0.3) is 5.91 Å². The molecule has 0 unspecified atom stereocenters. The van der Waals surface area contributed by atoms with E-state index in [-0.39, 0.29) is 17.6 Å². The number of carbonyl (C=O) groups is 2. The van der Waals surface area contributed by atoms with E-state index in [0.717, 1.165) is 9.13 Å². The monoisotopic (exact) mass is 580 g/mol. The van der Waals surface area contributed by atoms with Crippen LogP contribution in [0.4, 0.5) is 5.69 Å². The lowest BCUT2D eigenvalue weighted by atomic mass is 10.1. The fourth-order valence-corrected chi connectivity index (χ4v) is 4.94. The van der Waals surface area contributed by atoms with E-state index in [4.69, 9.17) is 9.47 Å². The van der Waals surface area contributed by atoms with Crippen molar-refractivity contribution in [2.45, 2.75) is 33.8 Å². The zero-order chi connectivity index (χ0) is 24.1. The van der Waals surface area contributed by atoms with E-state index in [1.807, 2.05) is 45.9 Å². The number of nitrogens with zero attached hydrogens (tertiary/aromatic N) is 2. The number of aromatic carboxylic acids is 1. The zero-order valence-corrected chi connectivity index (χ0v) is 21.8. The standard InChI is InChI=1S/C24H25IN2O5S/c1-5-27-22(28)20(33-24(27)26-17-9-7-8-16(13-17)23(29)30)12-15-10-18(25)21(32-14(3)4)19(11-15)31-6-2/h7-14H,5-6H2,1-4H3,(H,29,30)/b20-12+,26-24?. The van der Waals surface area contributed by atoms with Crippen LogP contribution in [-0.2, 0) is 4.79 Å². The van der Waals surface area contributed by atoms with Gasteiger partial charge in [-0.3, -0.25) is 9.69 Å². The molecule has 3 rings (SSSR count). The minimum absolute atomic E-state index is 0.00500. The molecule has 0 aromatic heterocycles. The number of aliphatic imine (C=N–C) groups is 1. The molecular weight excluding hydrogens is 555 g/mol. The first kappa shape index (κ1) is 25.1. The Balaban J connectivity index is 1.97. The van der Waals surface area contributed by atoms with E-state index in [0.29, 0.717) is 40.4 Å². The number of amidine groups is 1. The molecule has 2 aromatic carbocycles. The van der Waals surface area contributed by atoms with Crippen molar-refractivity contribution < 1.29 is 24.2 Å². The van der Waals surface area contributed by atoms with Crippen molar-refractivity contribution in [1.82, 2.24) is 4.90 Å². The molecule has 2 aromatic rings. The molecule has 33 heavy (non-hydrogen) atoms. The van der Waals surface area contributed by atoms with Gasteiger partial charge in [-0.15, -0.1) is 0 Å². The Morgan fingerprint density at radius 1 is 1.27 bits per heavy atom. The highest BCUT2D eigenvalue weighted by atomic mass is 127. The number of thioether (sulfide) groups is 1. The van der Waals surface area contributed by atoms with Gasteiger partial charge in [-0.2, -0.15) is 0 Å². The Kier molecular flexibility index (Phi) is 8.41. The number of carboxylic acid groups (broad SMARTS) is 1.